The third kappa shape index (κ3) is 4.54. The van der Waals surface area contributed by atoms with Crippen LogP contribution in [0.4, 0.5) is 0 Å². The van der Waals surface area contributed by atoms with Crippen LogP contribution in [-0.4, -0.2) is 41.1 Å². The fraction of sp³-hybridized carbons (Fsp3) is 0.400. The molecule has 0 radical (unpaired) electrons. The SMILES string of the molecule is COc1ccc(CN(C)S(=O)(=O)c2ccc(OC)c(C(C)C)c2)cc1OC. The first-order chi connectivity index (χ1) is 12.7. The van der Waals surface area contributed by atoms with Crippen molar-refractivity contribution in [3.05, 3.63) is 47.5 Å². The molecule has 148 valence electrons. The monoisotopic (exact) mass is 393 g/mol. The van der Waals surface area contributed by atoms with Crippen LogP contribution in [0.2, 0.25) is 0 Å². The summed E-state index contributed by atoms with van der Waals surface area (Å²) in [6.07, 6.45) is 0. The van der Waals surface area contributed by atoms with E-state index in [1.54, 1.807) is 58.7 Å². The van der Waals surface area contributed by atoms with E-state index >= 15 is 0 Å². The van der Waals surface area contributed by atoms with Crippen molar-refractivity contribution in [1.82, 2.24) is 4.31 Å². The van der Waals surface area contributed by atoms with Gasteiger partial charge in [0.15, 0.2) is 11.5 Å². The number of methoxy groups -OCH3 is 3. The first-order valence-electron chi connectivity index (χ1n) is 8.59. The van der Waals surface area contributed by atoms with E-state index in [0.717, 1.165) is 11.1 Å². The zero-order chi connectivity index (χ0) is 20.2. The molecule has 2 aromatic rings. The summed E-state index contributed by atoms with van der Waals surface area (Å²) in [4.78, 5) is 0.245. The van der Waals surface area contributed by atoms with Gasteiger partial charge in [0.2, 0.25) is 10.0 Å². The van der Waals surface area contributed by atoms with E-state index in [0.29, 0.717) is 17.2 Å². The van der Waals surface area contributed by atoms with Crippen LogP contribution in [-0.2, 0) is 16.6 Å². The second-order valence-electron chi connectivity index (χ2n) is 6.51. The maximum absolute atomic E-state index is 13.0. The van der Waals surface area contributed by atoms with Gasteiger partial charge in [-0.3, -0.25) is 0 Å². The van der Waals surface area contributed by atoms with Crippen LogP contribution in [0.15, 0.2) is 41.3 Å². The largest absolute Gasteiger partial charge is 0.496 e. The van der Waals surface area contributed by atoms with Gasteiger partial charge in [-0.25, -0.2) is 8.42 Å². The van der Waals surface area contributed by atoms with E-state index in [9.17, 15) is 8.42 Å². The molecule has 6 nitrogen and oxygen atoms in total. The molecule has 0 amide bonds. The van der Waals surface area contributed by atoms with Crippen LogP contribution in [0.25, 0.3) is 0 Å². The minimum absolute atomic E-state index is 0.145. The zero-order valence-electron chi connectivity index (χ0n) is 16.6. The number of hydrogen-bond donors (Lipinski definition) is 0. The summed E-state index contributed by atoms with van der Waals surface area (Å²) in [6, 6.07) is 10.3. The molecule has 0 unspecified atom stereocenters. The number of nitrogens with zero attached hydrogens (tertiary/aromatic N) is 1. The number of hydrogen-bond acceptors (Lipinski definition) is 5. The number of benzene rings is 2. The zero-order valence-corrected chi connectivity index (χ0v) is 17.5. The Morgan fingerprint density at radius 1 is 0.889 bits per heavy atom. The summed E-state index contributed by atoms with van der Waals surface area (Å²) < 4.78 is 43.2. The quantitative estimate of drug-likeness (QED) is 0.685. The molecule has 0 aliphatic carbocycles. The predicted octanol–water partition coefficient (Wildman–Crippen LogP) is 3.66. The lowest BCUT2D eigenvalue weighted by Gasteiger charge is -2.20. The van der Waals surface area contributed by atoms with Crippen LogP contribution in [0.1, 0.15) is 30.9 Å². The van der Waals surface area contributed by atoms with Gasteiger partial charge in [-0.05, 0) is 47.4 Å². The standard InChI is InChI=1S/C20H27NO5S/c1-14(2)17-12-16(8-10-18(17)24-4)27(22,23)21(3)13-15-7-9-19(25-5)20(11-15)26-6/h7-12,14H,13H2,1-6H3. The van der Waals surface area contributed by atoms with E-state index in [1.807, 2.05) is 19.9 Å². The smallest absolute Gasteiger partial charge is 0.243 e. The van der Waals surface area contributed by atoms with Gasteiger partial charge >= 0.3 is 0 Å². The Labute approximate surface area is 161 Å². The van der Waals surface area contributed by atoms with Crippen LogP contribution in [0, 0.1) is 0 Å². The Morgan fingerprint density at radius 3 is 2.04 bits per heavy atom. The molecule has 0 heterocycles. The number of rotatable bonds is 8. The summed E-state index contributed by atoms with van der Waals surface area (Å²) in [5, 5.41) is 0. The molecule has 0 bridgehead atoms. The number of sulfonamides is 1. The second-order valence-corrected chi connectivity index (χ2v) is 8.55. The lowest BCUT2D eigenvalue weighted by atomic mass is 10.0. The fourth-order valence-electron chi connectivity index (χ4n) is 2.83. The van der Waals surface area contributed by atoms with Gasteiger partial charge in [0.1, 0.15) is 5.75 Å². The summed E-state index contributed by atoms with van der Waals surface area (Å²) in [6.45, 7) is 4.22. The predicted molar refractivity (Wildman–Crippen MR) is 105 cm³/mol. The normalized spacial score (nSPS) is 11.7. The van der Waals surface area contributed by atoms with Crippen molar-refractivity contribution in [2.45, 2.75) is 31.2 Å². The molecule has 2 aromatic carbocycles. The van der Waals surface area contributed by atoms with Crippen molar-refractivity contribution in [3.8, 4) is 17.2 Å². The van der Waals surface area contributed by atoms with Gasteiger partial charge in [-0.15, -0.1) is 0 Å². The molecule has 2 rings (SSSR count). The van der Waals surface area contributed by atoms with Gasteiger partial charge < -0.3 is 14.2 Å². The van der Waals surface area contributed by atoms with Gasteiger partial charge in [-0.1, -0.05) is 19.9 Å². The molecule has 0 saturated carbocycles. The molecular weight excluding hydrogens is 366 g/mol. The van der Waals surface area contributed by atoms with E-state index < -0.39 is 10.0 Å². The number of ether oxygens (including phenoxy) is 3. The Morgan fingerprint density at radius 2 is 1.48 bits per heavy atom. The minimum atomic E-state index is -3.65. The summed E-state index contributed by atoms with van der Waals surface area (Å²) in [5.74, 6) is 1.99. The first-order valence-corrected chi connectivity index (χ1v) is 10.0. The van der Waals surface area contributed by atoms with Crippen molar-refractivity contribution >= 4 is 10.0 Å². The molecule has 0 aromatic heterocycles. The molecule has 27 heavy (non-hydrogen) atoms. The van der Waals surface area contributed by atoms with Crippen LogP contribution < -0.4 is 14.2 Å². The van der Waals surface area contributed by atoms with E-state index in [-0.39, 0.29) is 17.4 Å². The molecule has 0 aliphatic rings. The van der Waals surface area contributed by atoms with Gasteiger partial charge in [0.05, 0.1) is 26.2 Å². The Balaban J connectivity index is 2.32. The van der Waals surface area contributed by atoms with Crippen LogP contribution in [0.3, 0.4) is 0 Å². The molecule has 0 aliphatic heterocycles. The molecular formula is C20H27NO5S. The van der Waals surface area contributed by atoms with E-state index in [4.69, 9.17) is 14.2 Å². The van der Waals surface area contributed by atoms with E-state index in [2.05, 4.69) is 0 Å². The Hall–Kier alpha value is -2.25. The van der Waals surface area contributed by atoms with Crippen molar-refractivity contribution in [3.63, 3.8) is 0 Å². The summed E-state index contributed by atoms with van der Waals surface area (Å²) >= 11 is 0. The molecule has 0 atom stereocenters. The van der Waals surface area contributed by atoms with Crippen molar-refractivity contribution in [2.24, 2.45) is 0 Å². The second kappa shape index (κ2) is 8.63. The van der Waals surface area contributed by atoms with Crippen LogP contribution >= 0.6 is 0 Å². The third-order valence-electron chi connectivity index (χ3n) is 4.38. The summed E-state index contributed by atoms with van der Waals surface area (Å²) in [7, 11) is 2.60. The molecule has 0 fully saturated rings. The average molecular weight is 394 g/mol. The average Bonchev–Trinajstić information content (AvgIpc) is 2.66. The van der Waals surface area contributed by atoms with Gasteiger partial charge in [-0.2, -0.15) is 4.31 Å². The summed E-state index contributed by atoms with van der Waals surface area (Å²) in [5.41, 5.74) is 1.66. The van der Waals surface area contributed by atoms with Crippen molar-refractivity contribution in [1.29, 1.82) is 0 Å². The lowest BCUT2D eigenvalue weighted by molar-refractivity contribution is 0.354. The molecule has 7 heteroatoms. The molecule has 0 N–H and O–H groups in total. The first kappa shape index (κ1) is 21.1. The van der Waals surface area contributed by atoms with Crippen molar-refractivity contribution in [2.75, 3.05) is 28.4 Å². The maximum Gasteiger partial charge on any atom is 0.243 e. The molecule has 0 spiro atoms. The maximum atomic E-state index is 13.0. The molecule has 0 saturated heterocycles. The van der Waals surface area contributed by atoms with Gasteiger partial charge in [0.25, 0.3) is 0 Å². The van der Waals surface area contributed by atoms with E-state index in [1.165, 1.54) is 4.31 Å². The topological polar surface area (TPSA) is 65.1 Å². The van der Waals surface area contributed by atoms with Crippen molar-refractivity contribution < 1.29 is 22.6 Å². The highest BCUT2D eigenvalue weighted by Crippen LogP contribution is 2.31. The Bertz CT molecular complexity index is 893. The minimum Gasteiger partial charge on any atom is -0.496 e. The Kier molecular flexibility index (Phi) is 6.73. The highest BCUT2D eigenvalue weighted by Gasteiger charge is 2.23. The lowest BCUT2D eigenvalue weighted by Crippen LogP contribution is -2.26. The highest BCUT2D eigenvalue weighted by atomic mass is 32.2. The van der Waals surface area contributed by atoms with Gasteiger partial charge in [0, 0.05) is 13.6 Å². The third-order valence-corrected chi connectivity index (χ3v) is 6.18. The highest BCUT2D eigenvalue weighted by molar-refractivity contribution is 7.89. The fourth-order valence-corrected chi connectivity index (χ4v) is 4.02. The van der Waals surface area contributed by atoms with Crippen LogP contribution in [0.5, 0.6) is 17.2 Å².